The van der Waals surface area contributed by atoms with Gasteiger partial charge in [0.15, 0.2) is 0 Å². The zero-order valence-electron chi connectivity index (χ0n) is 23.8. The van der Waals surface area contributed by atoms with Crippen LogP contribution in [0.3, 0.4) is 0 Å². The first-order valence-electron chi connectivity index (χ1n) is 13.5. The van der Waals surface area contributed by atoms with Gasteiger partial charge in [-0.2, -0.15) is 0 Å². The summed E-state index contributed by atoms with van der Waals surface area (Å²) in [5, 5.41) is 1.87. The fourth-order valence-electron chi connectivity index (χ4n) is 4.71. The fourth-order valence-corrected chi connectivity index (χ4v) is 12.4. The van der Waals surface area contributed by atoms with E-state index >= 15 is 0 Å². The van der Waals surface area contributed by atoms with Gasteiger partial charge in [0.1, 0.15) is 0 Å². The third-order valence-electron chi connectivity index (χ3n) is 6.64. The number of fused-ring (bicyclic) bond motifs is 1. The van der Waals surface area contributed by atoms with E-state index in [1.54, 1.807) is 48.5 Å². The van der Waals surface area contributed by atoms with Crippen molar-refractivity contribution in [2.24, 2.45) is 0 Å². The van der Waals surface area contributed by atoms with E-state index < -0.39 is 41.8 Å². The molecule has 0 amide bonds. The standard InChI is InChI=1S/C34H29AsO7S/c1-23-11-21-31(22-12-23)43(38,39)42-35(33-10-6-8-26-7-4-5-9-32(26)33)34(27-13-17-29(18-14-27)40-24(2)36)28-15-19-30(20-16-28)41-25(3)37/h4-22,34H,1-3H3. The zero-order chi connectivity index (χ0) is 30.6. The van der Waals surface area contributed by atoms with Gasteiger partial charge in [-0.05, 0) is 0 Å². The Balaban J connectivity index is 1.71. The molecule has 0 fully saturated rings. The molecule has 5 rings (SSSR count). The molecule has 0 spiro atoms. The van der Waals surface area contributed by atoms with Crippen molar-refractivity contribution in [2.45, 2.75) is 30.4 Å². The Morgan fingerprint density at radius 3 is 1.70 bits per heavy atom. The average molecular weight is 657 g/mol. The summed E-state index contributed by atoms with van der Waals surface area (Å²) in [4.78, 5) is 23.2. The van der Waals surface area contributed by atoms with Crippen LogP contribution >= 0.6 is 0 Å². The Morgan fingerprint density at radius 2 is 1.16 bits per heavy atom. The molecule has 0 aliphatic heterocycles. The number of carbonyl (C=O) groups excluding carboxylic acids is 2. The molecule has 0 heterocycles. The van der Waals surface area contributed by atoms with Gasteiger partial charge in [0, 0.05) is 0 Å². The summed E-state index contributed by atoms with van der Waals surface area (Å²) in [7, 11) is -4.18. The molecule has 0 saturated heterocycles. The molecule has 218 valence electrons. The van der Waals surface area contributed by atoms with Crippen molar-refractivity contribution in [3.05, 3.63) is 132 Å². The SMILES string of the molecule is CC(=O)Oc1ccc(C(c2ccc(OC(C)=O)cc2)[As](OS(=O)(=O)c2ccc(C)cc2)c2cccc3ccccc23)cc1. The Morgan fingerprint density at radius 1 is 0.651 bits per heavy atom. The first kappa shape index (κ1) is 30.2. The molecule has 0 aliphatic rings. The molecule has 5 aromatic rings. The summed E-state index contributed by atoms with van der Waals surface area (Å²) < 4.78 is 45.0. The summed E-state index contributed by atoms with van der Waals surface area (Å²) in [6.07, 6.45) is 0. The second-order valence-corrected chi connectivity index (χ2v) is 15.8. The van der Waals surface area contributed by atoms with Crippen LogP contribution in [0.25, 0.3) is 10.8 Å². The molecule has 0 radical (unpaired) electrons. The van der Waals surface area contributed by atoms with Crippen molar-refractivity contribution in [3.8, 4) is 11.5 Å². The van der Waals surface area contributed by atoms with Crippen LogP contribution in [0.4, 0.5) is 0 Å². The second-order valence-electron chi connectivity index (χ2n) is 9.89. The summed E-state index contributed by atoms with van der Waals surface area (Å²) >= 11 is -3.11. The van der Waals surface area contributed by atoms with Crippen LogP contribution in [-0.4, -0.2) is 35.3 Å². The van der Waals surface area contributed by atoms with Gasteiger partial charge in [-0.3, -0.25) is 0 Å². The van der Waals surface area contributed by atoms with E-state index in [0.29, 0.717) is 11.5 Å². The molecule has 5 aromatic carbocycles. The maximum atomic E-state index is 13.9. The first-order chi connectivity index (χ1) is 20.6. The van der Waals surface area contributed by atoms with E-state index in [0.717, 1.165) is 31.8 Å². The summed E-state index contributed by atoms with van der Waals surface area (Å²) in [5.41, 5.74) is 2.49. The molecule has 0 aromatic heterocycles. The van der Waals surface area contributed by atoms with E-state index in [-0.39, 0.29) is 4.90 Å². The predicted molar refractivity (Wildman–Crippen MR) is 166 cm³/mol. The van der Waals surface area contributed by atoms with Gasteiger partial charge in [0.2, 0.25) is 0 Å². The summed E-state index contributed by atoms with van der Waals surface area (Å²) in [6, 6.07) is 34.2. The quantitative estimate of drug-likeness (QED) is 0.110. The van der Waals surface area contributed by atoms with Crippen molar-refractivity contribution in [1.29, 1.82) is 0 Å². The fraction of sp³-hybridized carbons (Fsp3) is 0.118. The van der Waals surface area contributed by atoms with Gasteiger partial charge in [0.05, 0.1) is 0 Å². The third-order valence-corrected chi connectivity index (χ3v) is 14.1. The number of hydrogen-bond donors (Lipinski definition) is 0. The van der Waals surface area contributed by atoms with Gasteiger partial charge in [-0.25, -0.2) is 0 Å². The van der Waals surface area contributed by atoms with E-state index in [1.807, 2.05) is 73.7 Å². The molecule has 9 heteroatoms. The van der Waals surface area contributed by atoms with E-state index in [9.17, 15) is 18.0 Å². The minimum absolute atomic E-state index is 0.0758. The maximum absolute atomic E-state index is 13.9. The van der Waals surface area contributed by atoms with Crippen molar-refractivity contribution in [2.75, 3.05) is 0 Å². The average Bonchev–Trinajstić information content (AvgIpc) is 2.98. The first-order valence-corrected chi connectivity index (χ1v) is 17.7. The number of esters is 2. The summed E-state index contributed by atoms with van der Waals surface area (Å²) in [6.45, 7) is 4.55. The van der Waals surface area contributed by atoms with Crippen LogP contribution in [0.2, 0.25) is 0 Å². The normalized spacial score (nSPS) is 12.2. The van der Waals surface area contributed by atoms with Gasteiger partial charge in [0.25, 0.3) is 0 Å². The molecule has 0 bridgehead atoms. The van der Waals surface area contributed by atoms with E-state index in [4.69, 9.17) is 12.6 Å². The number of benzene rings is 5. The Labute approximate surface area is 255 Å². The van der Waals surface area contributed by atoms with E-state index in [2.05, 4.69) is 0 Å². The Hall–Kier alpha value is -4.23. The molecule has 7 nitrogen and oxygen atoms in total. The number of hydrogen-bond acceptors (Lipinski definition) is 7. The molecule has 1 atom stereocenters. The van der Waals surface area contributed by atoms with E-state index in [1.165, 1.54) is 13.8 Å². The van der Waals surface area contributed by atoms with Crippen LogP contribution in [0, 0.1) is 6.92 Å². The second kappa shape index (κ2) is 13.0. The van der Waals surface area contributed by atoms with Crippen LogP contribution in [-0.2, 0) is 22.9 Å². The zero-order valence-corrected chi connectivity index (χ0v) is 26.5. The summed E-state index contributed by atoms with van der Waals surface area (Å²) in [5.74, 6) is -0.141. The topological polar surface area (TPSA) is 96.0 Å². The minimum atomic E-state index is -4.18. The number of rotatable bonds is 9. The van der Waals surface area contributed by atoms with Crippen molar-refractivity contribution < 1.29 is 30.7 Å². The van der Waals surface area contributed by atoms with Crippen molar-refractivity contribution in [3.63, 3.8) is 0 Å². The van der Waals surface area contributed by atoms with Crippen LogP contribution in [0.1, 0.15) is 35.2 Å². The third kappa shape index (κ3) is 7.23. The van der Waals surface area contributed by atoms with Crippen LogP contribution in [0.15, 0.2) is 120 Å². The van der Waals surface area contributed by atoms with Gasteiger partial charge in [-0.1, -0.05) is 0 Å². The predicted octanol–water partition coefficient (Wildman–Crippen LogP) is 5.97. The monoisotopic (exact) mass is 656 g/mol. The molecule has 43 heavy (non-hydrogen) atoms. The molecule has 0 N–H and O–H groups in total. The molecule has 0 aliphatic carbocycles. The van der Waals surface area contributed by atoms with Crippen LogP contribution < -0.4 is 13.8 Å². The van der Waals surface area contributed by atoms with Crippen LogP contribution in [0.5, 0.6) is 11.5 Å². The molecule has 0 saturated carbocycles. The number of aryl methyl sites for hydroxylation is 1. The van der Waals surface area contributed by atoms with Crippen molar-refractivity contribution in [1.82, 2.24) is 0 Å². The van der Waals surface area contributed by atoms with Gasteiger partial charge >= 0.3 is 257 Å². The molecule has 1 unspecified atom stereocenters. The molecular formula is C34H29AsO7S. The molecular weight excluding hydrogens is 627 g/mol. The van der Waals surface area contributed by atoms with Gasteiger partial charge in [-0.15, -0.1) is 0 Å². The van der Waals surface area contributed by atoms with Crippen molar-refractivity contribution >= 4 is 52.2 Å². The number of ether oxygens (including phenoxy) is 2. The number of carbonyl (C=O) groups is 2. The van der Waals surface area contributed by atoms with Gasteiger partial charge < -0.3 is 0 Å². The Bertz CT molecular complexity index is 1800. The Kier molecular flexibility index (Phi) is 9.11.